The highest BCUT2D eigenvalue weighted by molar-refractivity contribution is 6.31. The first-order valence-electron chi connectivity index (χ1n) is 12.7. The summed E-state index contributed by atoms with van der Waals surface area (Å²) in [6.45, 7) is 3.31. The largest absolute Gasteiger partial charge is 0.495 e. The molecule has 8 nitrogen and oxygen atoms in total. The second-order valence-corrected chi connectivity index (χ2v) is 9.93. The summed E-state index contributed by atoms with van der Waals surface area (Å²) < 4.78 is 7.02. The lowest BCUT2D eigenvalue weighted by atomic mass is 9.97. The van der Waals surface area contributed by atoms with Gasteiger partial charge >= 0.3 is 0 Å². The fourth-order valence-corrected chi connectivity index (χ4v) is 4.96. The Morgan fingerprint density at radius 2 is 1.82 bits per heavy atom. The zero-order valence-electron chi connectivity index (χ0n) is 22.2. The molecule has 2 N–H and O–H groups in total. The number of fused-ring (bicyclic) bond motifs is 1. The van der Waals surface area contributed by atoms with Crippen molar-refractivity contribution in [2.75, 3.05) is 12.4 Å². The van der Waals surface area contributed by atoms with Crippen LogP contribution in [0.1, 0.15) is 34.7 Å². The number of Topliss-reactive ketones (excluding diaryl/α,β-unsaturated/α-hetero) is 1. The molecule has 5 rings (SSSR count). The molecular weight excluding hydrogens is 528 g/mol. The number of H-pyrrole nitrogens is 1. The van der Waals surface area contributed by atoms with Gasteiger partial charge in [-0.2, -0.15) is 0 Å². The van der Waals surface area contributed by atoms with Crippen LogP contribution < -0.4 is 15.6 Å². The molecule has 0 radical (unpaired) electrons. The number of hydrogen-bond acceptors (Lipinski definition) is 5. The normalized spacial score (nSPS) is 11.8. The summed E-state index contributed by atoms with van der Waals surface area (Å²) in [4.78, 5) is 47.3. The Morgan fingerprint density at radius 3 is 2.55 bits per heavy atom. The van der Waals surface area contributed by atoms with Crippen molar-refractivity contribution in [3.05, 3.63) is 111 Å². The first kappa shape index (κ1) is 26.9. The number of hydrogen-bond donors (Lipinski definition) is 2. The molecule has 0 saturated heterocycles. The average Bonchev–Trinajstić information content (AvgIpc) is 3.31. The minimum absolute atomic E-state index is 0.177. The summed E-state index contributed by atoms with van der Waals surface area (Å²) in [5, 5.41) is 3.37. The van der Waals surface area contributed by atoms with Crippen LogP contribution in [-0.4, -0.2) is 33.3 Å². The number of aromatic amines is 1. The molecule has 0 saturated carbocycles. The maximum Gasteiger partial charge on any atom is 0.252 e. The molecule has 40 heavy (non-hydrogen) atoms. The number of amides is 1. The number of ketones is 1. The summed E-state index contributed by atoms with van der Waals surface area (Å²) in [5.74, 6) is 0.545. The van der Waals surface area contributed by atoms with Crippen molar-refractivity contribution < 1.29 is 14.3 Å². The highest BCUT2D eigenvalue weighted by atomic mass is 35.5. The van der Waals surface area contributed by atoms with Crippen LogP contribution in [0.15, 0.2) is 83.8 Å². The van der Waals surface area contributed by atoms with Gasteiger partial charge in [-0.05, 0) is 61.4 Å². The standard InChI is InChI=1S/C31H27ClN4O4/c1-18(37)23-11-9-21(32)14-24(23)25-16-30(38)36(17-29(25)40-3)28(13-20-7-5-4-6-8-20)31(39)35-22-10-12-26-27(15-22)34-19(2)33-26/h4-12,14-17,28H,13H2,1-3H3,(H,33,34)(H,35,39). The molecule has 1 amide bonds. The Kier molecular flexibility index (Phi) is 7.53. The van der Waals surface area contributed by atoms with Crippen LogP contribution >= 0.6 is 11.6 Å². The van der Waals surface area contributed by atoms with Crippen molar-refractivity contribution in [3.8, 4) is 16.9 Å². The number of benzene rings is 3. The number of nitrogens with one attached hydrogen (secondary N) is 2. The van der Waals surface area contributed by atoms with Crippen LogP contribution in [0.4, 0.5) is 5.69 Å². The smallest absolute Gasteiger partial charge is 0.252 e. The molecule has 1 unspecified atom stereocenters. The zero-order valence-corrected chi connectivity index (χ0v) is 23.0. The second kappa shape index (κ2) is 11.2. The molecule has 5 aromatic rings. The lowest BCUT2D eigenvalue weighted by Gasteiger charge is -2.22. The van der Waals surface area contributed by atoms with Crippen LogP contribution in [0.5, 0.6) is 5.75 Å². The van der Waals surface area contributed by atoms with E-state index in [4.69, 9.17) is 16.3 Å². The van der Waals surface area contributed by atoms with E-state index in [2.05, 4.69) is 15.3 Å². The molecule has 0 aliphatic heterocycles. The van der Waals surface area contributed by atoms with Gasteiger partial charge < -0.3 is 15.0 Å². The summed E-state index contributed by atoms with van der Waals surface area (Å²) in [7, 11) is 1.47. The van der Waals surface area contributed by atoms with E-state index in [1.165, 1.54) is 30.9 Å². The minimum atomic E-state index is -0.899. The van der Waals surface area contributed by atoms with E-state index in [0.717, 1.165) is 22.4 Å². The van der Waals surface area contributed by atoms with Crippen molar-refractivity contribution in [3.63, 3.8) is 0 Å². The minimum Gasteiger partial charge on any atom is -0.495 e. The van der Waals surface area contributed by atoms with Crippen molar-refractivity contribution in [2.45, 2.75) is 26.3 Å². The third-order valence-corrected chi connectivity index (χ3v) is 6.93. The van der Waals surface area contributed by atoms with Gasteiger partial charge in [0.25, 0.3) is 5.56 Å². The number of halogens is 1. The number of pyridine rings is 1. The summed E-state index contributed by atoms with van der Waals surface area (Å²) >= 11 is 6.24. The van der Waals surface area contributed by atoms with Crippen LogP contribution in [0.25, 0.3) is 22.2 Å². The highest BCUT2D eigenvalue weighted by Crippen LogP contribution is 2.34. The Hall–Kier alpha value is -4.69. The zero-order chi connectivity index (χ0) is 28.4. The van der Waals surface area contributed by atoms with Crippen LogP contribution in [0.2, 0.25) is 5.02 Å². The number of imidazole rings is 1. The molecule has 3 aromatic carbocycles. The lowest BCUT2D eigenvalue weighted by Crippen LogP contribution is -2.34. The molecule has 202 valence electrons. The number of nitrogens with zero attached hydrogens (tertiary/aromatic N) is 2. The van der Waals surface area contributed by atoms with E-state index in [-0.39, 0.29) is 18.1 Å². The topological polar surface area (TPSA) is 106 Å². The molecular formula is C31H27ClN4O4. The first-order valence-corrected chi connectivity index (χ1v) is 13.0. The summed E-state index contributed by atoms with van der Waals surface area (Å²) in [6, 6.07) is 20.2. The van der Waals surface area contributed by atoms with Gasteiger partial charge in [0.05, 0.1) is 24.3 Å². The first-order chi connectivity index (χ1) is 19.2. The van der Waals surface area contributed by atoms with Crippen LogP contribution in [0.3, 0.4) is 0 Å². The number of carbonyl (C=O) groups is 2. The van der Waals surface area contributed by atoms with E-state index in [1.54, 1.807) is 24.3 Å². The van der Waals surface area contributed by atoms with E-state index < -0.39 is 11.6 Å². The molecule has 2 aromatic heterocycles. The van der Waals surface area contributed by atoms with E-state index in [0.29, 0.717) is 33.1 Å². The van der Waals surface area contributed by atoms with Gasteiger partial charge in [0.2, 0.25) is 5.91 Å². The molecule has 0 aliphatic rings. The number of methoxy groups -OCH3 is 1. The van der Waals surface area contributed by atoms with Gasteiger partial charge in [-0.25, -0.2) is 4.98 Å². The molecule has 1 atom stereocenters. The lowest BCUT2D eigenvalue weighted by molar-refractivity contribution is -0.119. The number of carbonyl (C=O) groups excluding carboxylic acids is 2. The molecule has 2 heterocycles. The average molecular weight is 555 g/mol. The third kappa shape index (κ3) is 5.53. The second-order valence-electron chi connectivity index (χ2n) is 9.50. The fourth-order valence-electron chi connectivity index (χ4n) is 4.79. The highest BCUT2D eigenvalue weighted by Gasteiger charge is 2.25. The Labute approximate surface area is 235 Å². The molecule has 9 heteroatoms. The molecule has 0 aliphatic carbocycles. The summed E-state index contributed by atoms with van der Waals surface area (Å²) in [5.41, 5.74) is 3.90. The number of anilines is 1. The SMILES string of the molecule is COc1cn(C(Cc2ccccc2)C(=O)Nc2ccc3nc(C)[nH]c3c2)c(=O)cc1-c1cc(Cl)ccc1C(C)=O. The number of ether oxygens (including phenoxy) is 1. The Bertz CT molecular complexity index is 1790. The Balaban J connectivity index is 1.58. The monoisotopic (exact) mass is 554 g/mol. The molecule has 0 bridgehead atoms. The number of aryl methyl sites for hydroxylation is 1. The van der Waals surface area contributed by atoms with Gasteiger partial charge in [0.1, 0.15) is 17.6 Å². The van der Waals surface area contributed by atoms with Crippen LogP contribution in [-0.2, 0) is 11.2 Å². The van der Waals surface area contributed by atoms with Crippen molar-refractivity contribution >= 4 is 40.0 Å². The van der Waals surface area contributed by atoms with Gasteiger partial charge in [-0.1, -0.05) is 41.9 Å². The predicted molar refractivity (Wildman–Crippen MR) is 156 cm³/mol. The maximum absolute atomic E-state index is 13.8. The predicted octanol–water partition coefficient (Wildman–Crippen LogP) is 5.99. The van der Waals surface area contributed by atoms with E-state index in [9.17, 15) is 14.4 Å². The van der Waals surface area contributed by atoms with E-state index in [1.807, 2.05) is 49.4 Å². The van der Waals surface area contributed by atoms with E-state index >= 15 is 0 Å². The van der Waals surface area contributed by atoms with Crippen LogP contribution in [0, 0.1) is 6.92 Å². The van der Waals surface area contributed by atoms with Crippen molar-refractivity contribution in [1.29, 1.82) is 0 Å². The number of aromatic nitrogens is 3. The fraction of sp³-hybridized carbons (Fsp3) is 0.161. The van der Waals surface area contributed by atoms with Crippen molar-refractivity contribution in [2.24, 2.45) is 0 Å². The molecule has 0 fully saturated rings. The Morgan fingerprint density at radius 1 is 1.05 bits per heavy atom. The van der Waals surface area contributed by atoms with Gasteiger partial charge in [0, 0.05) is 34.3 Å². The van der Waals surface area contributed by atoms with Gasteiger partial charge in [-0.3, -0.25) is 19.0 Å². The van der Waals surface area contributed by atoms with Gasteiger partial charge in [-0.15, -0.1) is 0 Å². The maximum atomic E-state index is 13.8. The quantitative estimate of drug-likeness (QED) is 0.229. The van der Waals surface area contributed by atoms with Crippen molar-refractivity contribution in [1.82, 2.24) is 14.5 Å². The number of rotatable bonds is 8. The summed E-state index contributed by atoms with van der Waals surface area (Å²) in [6.07, 6.45) is 1.77. The third-order valence-electron chi connectivity index (χ3n) is 6.69. The molecule has 0 spiro atoms. The van der Waals surface area contributed by atoms with Gasteiger partial charge in [0.15, 0.2) is 5.78 Å².